The Morgan fingerprint density at radius 1 is 0.733 bits per heavy atom. The molecule has 0 saturated carbocycles. The van der Waals surface area contributed by atoms with E-state index in [0.717, 1.165) is 6.42 Å². The fraction of sp³-hybridized carbons (Fsp3) is 0.800. The van der Waals surface area contributed by atoms with Crippen LogP contribution >= 0.6 is 0 Å². The molecule has 0 bridgehead atoms. The summed E-state index contributed by atoms with van der Waals surface area (Å²) >= 11 is 0. The van der Waals surface area contributed by atoms with Gasteiger partial charge in [-0.3, -0.25) is 0 Å². The van der Waals surface area contributed by atoms with Crippen molar-refractivity contribution < 1.29 is 0 Å². The molecule has 0 amide bonds. The fourth-order valence-corrected chi connectivity index (χ4v) is 1.72. The molecule has 15 heavy (non-hydrogen) atoms. The molecule has 89 valence electrons. The summed E-state index contributed by atoms with van der Waals surface area (Å²) in [6, 6.07) is 0. The second-order valence-electron chi connectivity index (χ2n) is 4.38. The summed E-state index contributed by atoms with van der Waals surface area (Å²) in [6.45, 7) is 6.12. The van der Waals surface area contributed by atoms with Gasteiger partial charge in [-0.15, -0.1) is 0 Å². The number of hydrogen-bond donors (Lipinski definition) is 0. The Balaban J connectivity index is 2.97. The third-order valence-corrected chi connectivity index (χ3v) is 2.76. The normalized spacial score (nSPS) is 11.3. The summed E-state index contributed by atoms with van der Waals surface area (Å²) in [6.07, 6.45) is 19.4. The molecule has 0 saturated heterocycles. The van der Waals surface area contributed by atoms with Crippen molar-refractivity contribution in [1.29, 1.82) is 0 Å². The summed E-state index contributed by atoms with van der Waals surface area (Å²) in [5, 5.41) is 0. The second-order valence-corrected chi connectivity index (χ2v) is 4.38. The molecule has 0 aliphatic heterocycles. The first-order valence-electron chi connectivity index (χ1n) is 6.86. The number of rotatable bonds is 11. The molecule has 0 nitrogen and oxygen atoms in total. The van der Waals surface area contributed by atoms with Crippen LogP contribution in [0.1, 0.15) is 77.6 Å². The van der Waals surface area contributed by atoms with Crippen molar-refractivity contribution in [3.05, 3.63) is 19.1 Å². The van der Waals surface area contributed by atoms with E-state index in [4.69, 9.17) is 0 Å². The minimum absolute atomic E-state index is 1.10. The predicted molar refractivity (Wildman–Crippen MR) is 71.0 cm³/mol. The van der Waals surface area contributed by atoms with Crippen LogP contribution in [0.5, 0.6) is 0 Å². The molecule has 1 radical (unpaired) electrons. The second kappa shape index (κ2) is 13.7. The Labute approximate surface area is 97.2 Å². The average molecular weight is 209 g/mol. The third-order valence-electron chi connectivity index (χ3n) is 2.76. The van der Waals surface area contributed by atoms with E-state index < -0.39 is 0 Å². The van der Waals surface area contributed by atoms with Gasteiger partial charge in [-0.2, -0.15) is 0 Å². The molecule has 0 atom stereocenters. The van der Waals surface area contributed by atoms with Gasteiger partial charge in [0.1, 0.15) is 0 Å². The van der Waals surface area contributed by atoms with E-state index in [9.17, 15) is 0 Å². The lowest BCUT2D eigenvalue weighted by atomic mass is 10.1. The molecule has 0 aromatic heterocycles. The molecule has 0 aliphatic carbocycles. The van der Waals surface area contributed by atoms with Crippen LogP contribution in [0.15, 0.2) is 12.2 Å². The van der Waals surface area contributed by atoms with E-state index in [2.05, 4.69) is 26.0 Å². The van der Waals surface area contributed by atoms with E-state index in [1.165, 1.54) is 64.2 Å². The molecular weight excluding hydrogens is 180 g/mol. The molecule has 0 N–H and O–H groups in total. The van der Waals surface area contributed by atoms with E-state index >= 15 is 0 Å². The van der Waals surface area contributed by atoms with Gasteiger partial charge in [-0.1, -0.05) is 70.9 Å². The Morgan fingerprint density at radius 3 is 1.80 bits per heavy atom. The molecular formula is C15H29. The van der Waals surface area contributed by atoms with Crippen LogP contribution in [0.4, 0.5) is 0 Å². The van der Waals surface area contributed by atoms with Gasteiger partial charge in [0.15, 0.2) is 0 Å². The van der Waals surface area contributed by atoms with Gasteiger partial charge in [0.2, 0.25) is 0 Å². The Morgan fingerprint density at radius 2 is 1.27 bits per heavy atom. The fourth-order valence-electron chi connectivity index (χ4n) is 1.72. The maximum atomic E-state index is 3.85. The standard InChI is InChI=1S/C15H29/c1-3-5-7-9-11-13-15-14-12-10-8-6-4-2/h13,15H,1,3-12,14H2,2H3. The first-order valence-corrected chi connectivity index (χ1v) is 6.86. The number of hydrogen-bond acceptors (Lipinski definition) is 0. The van der Waals surface area contributed by atoms with Crippen molar-refractivity contribution in [2.45, 2.75) is 77.6 Å². The number of allylic oxidation sites excluding steroid dienone is 2. The van der Waals surface area contributed by atoms with Gasteiger partial charge < -0.3 is 0 Å². The highest BCUT2D eigenvalue weighted by Crippen LogP contribution is 2.07. The highest BCUT2D eigenvalue weighted by molar-refractivity contribution is 4.81. The summed E-state index contributed by atoms with van der Waals surface area (Å²) in [5.41, 5.74) is 0. The summed E-state index contributed by atoms with van der Waals surface area (Å²) in [7, 11) is 0. The van der Waals surface area contributed by atoms with Crippen LogP contribution < -0.4 is 0 Å². The maximum absolute atomic E-state index is 3.85. The zero-order chi connectivity index (χ0) is 11.2. The molecule has 0 spiro atoms. The van der Waals surface area contributed by atoms with Crippen LogP contribution in [0.25, 0.3) is 0 Å². The molecule has 0 heterocycles. The quantitative estimate of drug-likeness (QED) is 0.303. The zero-order valence-corrected chi connectivity index (χ0v) is 10.6. The predicted octanol–water partition coefficient (Wildman–Crippen LogP) is 5.69. The maximum Gasteiger partial charge on any atom is -0.0351 e. The highest BCUT2D eigenvalue weighted by Gasteiger charge is 1.87. The van der Waals surface area contributed by atoms with Crippen molar-refractivity contribution in [1.82, 2.24) is 0 Å². The Kier molecular flexibility index (Phi) is 13.5. The van der Waals surface area contributed by atoms with Crippen LogP contribution in [0, 0.1) is 6.92 Å². The average Bonchev–Trinajstić information content (AvgIpc) is 2.26. The van der Waals surface area contributed by atoms with Crippen LogP contribution in [-0.4, -0.2) is 0 Å². The molecule has 0 unspecified atom stereocenters. The van der Waals surface area contributed by atoms with Crippen LogP contribution in [-0.2, 0) is 0 Å². The largest absolute Gasteiger partial charge is 0.0885 e. The Bertz CT molecular complexity index is 124. The zero-order valence-electron chi connectivity index (χ0n) is 10.6. The topological polar surface area (TPSA) is 0 Å². The van der Waals surface area contributed by atoms with Crippen LogP contribution in [0.2, 0.25) is 0 Å². The van der Waals surface area contributed by atoms with Crippen molar-refractivity contribution in [3.63, 3.8) is 0 Å². The smallest absolute Gasteiger partial charge is 0.0351 e. The van der Waals surface area contributed by atoms with Crippen LogP contribution in [0.3, 0.4) is 0 Å². The minimum atomic E-state index is 1.10. The summed E-state index contributed by atoms with van der Waals surface area (Å²) in [4.78, 5) is 0. The van der Waals surface area contributed by atoms with Crippen molar-refractivity contribution in [3.8, 4) is 0 Å². The molecule has 0 heteroatoms. The Hall–Kier alpha value is -0.260. The molecule has 0 aliphatic rings. The van der Waals surface area contributed by atoms with Crippen molar-refractivity contribution >= 4 is 0 Å². The summed E-state index contributed by atoms with van der Waals surface area (Å²) < 4.78 is 0. The van der Waals surface area contributed by atoms with Crippen molar-refractivity contribution in [2.24, 2.45) is 0 Å². The molecule has 0 fully saturated rings. The van der Waals surface area contributed by atoms with Gasteiger partial charge in [-0.05, 0) is 25.7 Å². The lowest BCUT2D eigenvalue weighted by Crippen LogP contribution is -1.77. The van der Waals surface area contributed by atoms with Gasteiger partial charge in [0.25, 0.3) is 0 Å². The lowest BCUT2D eigenvalue weighted by Gasteiger charge is -1.96. The first kappa shape index (κ1) is 14.7. The molecule has 0 aromatic carbocycles. The minimum Gasteiger partial charge on any atom is -0.0885 e. The number of unbranched alkanes of at least 4 members (excludes halogenated alkanes) is 9. The lowest BCUT2D eigenvalue weighted by molar-refractivity contribution is 0.636. The van der Waals surface area contributed by atoms with Gasteiger partial charge in [0.05, 0.1) is 0 Å². The van der Waals surface area contributed by atoms with Crippen molar-refractivity contribution in [2.75, 3.05) is 0 Å². The van der Waals surface area contributed by atoms with E-state index in [0.29, 0.717) is 0 Å². The molecule has 0 aromatic rings. The van der Waals surface area contributed by atoms with E-state index in [1.54, 1.807) is 0 Å². The first-order chi connectivity index (χ1) is 7.41. The van der Waals surface area contributed by atoms with E-state index in [1.807, 2.05) is 0 Å². The van der Waals surface area contributed by atoms with Gasteiger partial charge >= 0.3 is 0 Å². The summed E-state index contributed by atoms with van der Waals surface area (Å²) in [5.74, 6) is 0. The monoisotopic (exact) mass is 209 g/mol. The molecule has 0 rings (SSSR count). The van der Waals surface area contributed by atoms with E-state index in [-0.39, 0.29) is 0 Å². The third kappa shape index (κ3) is 13.7. The van der Waals surface area contributed by atoms with Gasteiger partial charge in [-0.25, -0.2) is 0 Å². The SMILES string of the molecule is [CH2]CCCCCC=CCCCCCCC. The van der Waals surface area contributed by atoms with Gasteiger partial charge in [0, 0.05) is 0 Å². The highest BCUT2D eigenvalue weighted by atomic mass is 13.9.